The van der Waals surface area contributed by atoms with Crippen LogP contribution in [-0.4, -0.2) is 58.0 Å². The maximum Gasteiger partial charge on any atom is 0.508 e. The summed E-state index contributed by atoms with van der Waals surface area (Å²) in [5.74, 6) is -0.549. The zero-order valence-corrected chi connectivity index (χ0v) is 16.7. The Labute approximate surface area is 172 Å². The van der Waals surface area contributed by atoms with Gasteiger partial charge in [0.05, 0.1) is 13.2 Å². The molecule has 1 aromatic carbocycles. The highest BCUT2D eigenvalue weighted by molar-refractivity contribution is 6.67. The van der Waals surface area contributed by atoms with Crippen LogP contribution in [0.4, 0.5) is 4.79 Å². The predicted molar refractivity (Wildman–Crippen MR) is 98.7 cm³/mol. The Kier molecular flexibility index (Phi) is 8.42. The lowest BCUT2D eigenvalue weighted by Crippen LogP contribution is -2.56. The zero-order valence-electron chi connectivity index (χ0n) is 14.5. The van der Waals surface area contributed by atoms with Crippen molar-refractivity contribution in [3.63, 3.8) is 0 Å². The number of benzene rings is 1. The van der Waals surface area contributed by atoms with E-state index >= 15 is 0 Å². The van der Waals surface area contributed by atoms with Crippen molar-refractivity contribution in [3.8, 4) is 0 Å². The van der Waals surface area contributed by atoms with E-state index in [1.807, 2.05) is 30.3 Å². The second-order valence-corrected chi connectivity index (χ2v) is 8.62. The second-order valence-electron chi connectivity index (χ2n) is 6.11. The third-order valence-corrected chi connectivity index (χ3v) is 4.32. The molecule has 0 saturated carbocycles. The van der Waals surface area contributed by atoms with Gasteiger partial charge in [0.1, 0.15) is 24.9 Å². The number of rotatable bonds is 6. The Balaban J connectivity index is 2.00. The van der Waals surface area contributed by atoms with Crippen molar-refractivity contribution in [2.24, 2.45) is 5.92 Å². The van der Waals surface area contributed by atoms with E-state index in [2.05, 4.69) is 0 Å². The number of ether oxygens (including phenoxy) is 4. The van der Waals surface area contributed by atoms with Crippen molar-refractivity contribution in [1.82, 2.24) is 0 Å². The summed E-state index contributed by atoms with van der Waals surface area (Å²) in [5, 5.41) is 19.8. The molecule has 1 aromatic rings. The number of aliphatic hydroxyl groups is 2. The van der Waals surface area contributed by atoms with Gasteiger partial charge in [0.15, 0.2) is 6.29 Å². The molecule has 0 aromatic heterocycles. The van der Waals surface area contributed by atoms with E-state index in [1.165, 1.54) is 0 Å². The standard InChI is InChI=1S/C17H21Cl3O7/c1-10-14(27-16(23)25-9-17(18,19)20)13(22)12(7-21)26-15(10)24-8-11-5-3-2-4-6-11/h2-6,10,12-15,21-22H,7-9H2,1H3/t10?,12?,13-,14-,15-/m1/s1. The van der Waals surface area contributed by atoms with Gasteiger partial charge in [-0.2, -0.15) is 0 Å². The van der Waals surface area contributed by atoms with Gasteiger partial charge in [-0.05, 0) is 5.56 Å². The lowest BCUT2D eigenvalue weighted by molar-refractivity contribution is -0.286. The average Bonchev–Trinajstić information content (AvgIpc) is 2.63. The first-order valence-corrected chi connectivity index (χ1v) is 9.34. The average molecular weight is 444 g/mol. The summed E-state index contributed by atoms with van der Waals surface area (Å²) < 4.78 is 19.4. The number of carbonyl (C=O) groups excluding carboxylic acids is 1. The van der Waals surface area contributed by atoms with E-state index in [-0.39, 0.29) is 6.61 Å². The van der Waals surface area contributed by atoms with Crippen LogP contribution in [0.2, 0.25) is 0 Å². The van der Waals surface area contributed by atoms with Gasteiger partial charge >= 0.3 is 6.16 Å². The number of aliphatic hydroxyl groups excluding tert-OH is 2. The SMILES string of the molecule is CC1[C@H](OCc2ccccc2)OC(CO)[C@@H](O)[C@@H]1OC(=O)OCC(Cl)(Cl)Cl. The molecule has 0 radical (unpaired) electrons. The molecule has 0 spiro atoms. The molecule has 0 bridgehead atoms. The molecule has 1 fully saturated rings. The lowest BCUT2D eigenvalue weighted by atomic mass is 9.92. The summed E-state index contributed by atoms with van der Waals surface area (Å²) in [4.78, 5) is 11.9. The quantitative estimate of drug-likeness (QED) is 0.516. The highest BCUT2D eigenvalue weighted by Crippen LogP contribution is 2.31. The third-order valence-electron chi connectivity index (χ3n) is 4.00. The van der Waals surface area contributed by atoms with Crippen LogP contribution in [0.5, 0.6) is 0 Å². The molecule has 1 aliphatic heterocycles. The van der Waals surface area contributed by atoms with E-state index in [0.717, 1.165) is 5.56 Å². The van der Waals surface area contributed by atoms with Crippen LogP contribution in [-0.2, 0) is 25.6 Å². The third kappa shape index (κ3) is 6.94. The largest absolute Gasteiger partial charge is 0.508 e. The maximum atomic E-state index is 11.9. The fourth-order valence-electron chi connectivity index (χ4n) is 2.61. The minimum absolute atomic E-state index is 0.245. The molecule has 1 heterocycles. The van der Waals surface area contributed by atoms with Crippen LogP contribution in [0, 0.1) is 5.92 Å². The van der Waals surface area contributed by atoms with Gasteiger partial charge in [-0.1, -0.05) is 72.1 Å². The maximum absolute atomic E-state index is 11.9. The number of halogens is 3. The summed E-state index contributed by atoms with van der Waals surface area (Å²) in [6.07, 6.45) is -5.25. The van der Waals surface area contributed by atoms with Gasteiger partial charge in [0.2, 0.25) is 3.79 Å². The van der Waals surface area contributed by atoms with Gasteiger partial charge < -0.3 is 29.2 Å². The predicted octanol–water partition coefficient (Wildman–Crippen LogP) is 2.81. The van der Waals surface area contributed by atoms with Crippen molar-refractivity contribution in [1.29, 1.82) is 0 Å². The molecule has 152 valence electrons. The molecular weight excluding hydrogens is 423 g/mol. The van der Waals surface area contributed by atoms with Gasteiger partial charge in [-0.3, -0.25) is 0 Å². The van der Waals surface area contributed by atoms with E-state index in [1.54, 1.807) is 6.92 Å². The van der Waals surface area contributed by atoms with Crippen LogP contribution in [0.3, 0.4) is 0 Å². The van der Waals surface area contributed by atoms with Gasteiger partial charge in [0.25, 0.3) is 0 Å². The van der Waals surface area contributed by atoms with Crippen molar-refractivity contribution >= 4 is 41.0 Å². The van der Waals surface area contributed by atoms with Crippen molar-refractivity contribution < 1.29 is 34.0 Å². The highest BCUT2D eigenvalue weighted by atomic mass is 35.6. The van der Waals surface area contributed by atoms with Crippen LogP contribution in [0.15, 0.2) is 30.3 Å². The molecule has 27 heavy (non-hydrogen) atoms. The first-order valence-electron chi connectivity index (χ1n) is 8.21. The Hall–Kier alpha value is -0.800. The Morgan fingerprint density at radius 1 is 1.26 bits per heavy atom. The molecule has 7 nitrogen and oxygen atoms in total. The van der Waals surface area contributed by atoms with E-state index < -0.39 is 53.7 Å². The molecule has 1 aliphatic rings. The Morgan fingerprint density at radius 2 is 1.93 bits per heavy atom. The van der Waals surface area contributed by atoms with Gasteiger partial charge in [-0.15, -0.1) is 0 Å². The molecule has 2 unspecified atom stereocenters. The summed E-state index contributed by atoms with van der Waals surface area (Å²) in [7, 11) is 0. The number of alkyl halides is 3. The highest BCUT2D eigenvalue weighted by Gasteiger charge is 2.46. The van der Waals surface area contributed by atoms with Gasteiger partial charge in [0, 0.05) is 5.92 Å². The Bertz CT molecular complexity index is 596. The van der Waals surface area contributed by atoms with Crippen LogP contribution >= 0.6 is 34.8 Å². The number of hydrogen-bond acceptors (Lipinski definition) is 7. The molecular formula is C17H21Cl3O7. The van der Waals surface area contributed by atoms with Crippen LogP contribution in [0.1, 0.15) is 12.5 Å². The zero-order chi connectivity index (χ0) is 20.0. The number of carbonyl (C=O) groups is 1. The van der Waals surface area contributed by atoms with E-state index in [4.69, 9.17) is 53.8 Å². The minimum Gasteiger partial charge on any atom is -0.430 e. The second kappa shape index (κ2) is 10.1. The summed E-state index contributed by atoms with van der Waals surface area (Å²) >= 11 is 16.6. The van der Waals surface area contributed by atoms with Crippen molar-refractivity contribution in [2.45, 2.75) is 41.9 Å². The van der Waals surface area contributed by atoms with Crippen molar-refractivity contribution in [2.75, 3.05) is 13.2 Å². The van der Waals surface area contributed by atoms with E-state index in [0.29, 0.717) is 0 Å². The van der Waals surface area contributed by atoms with Gasteiger partial charge in [-0.25, -0.2) is 4.79 Å². The normalized spacial score (nSPS) is 28.6. The topological polar surface area (TPSA) is 94.5 Å². The molecule has 0 amide bonds. The molecule has 10 heteroatoms. The smallest absolute Gasteiger partial charge is 0.430 e. The Morgan fingerprint density at radius 3 is 2.52 bits per heavy atom. The first-order chi connectivity index (χ1) is 12.7. The minimum atomic E-state index is -1.78. The number of hydrogen-bond donors (Lipinski definition) is 2. The first kappa shape index (κ1) is 22.5. The summed E-state index contributed by atoms with van der Waals surface area (Å²) in [6, 6.07) is 9.39. The summed E-state index contributed by atoms with van der Waals surface area (Å²) in [6.45, 7) is 0.928. The molecule has 1 saturated heterocycles. The van der Waals surface area contributed by atoms with Crippen LogP contribution < -0.4 is 0 Å². The van der Waals surface area contributed by atoms with E-state index in [9.17, 15) is 15.0 Å². The summed E-state index contributed by atoms with van der Waals surface area (Å²) in [5.41, 5.74) is 0.916. The molecule has 0 aliphatic carbocycles. The fraction of sp³-hybridized carbons (Fsp3) is 0.588. The molecule has 2 N–H and O–H groups in total. The molecule has 2 rings (SSSR count). The molecule has 5 atom stereocenters. The lowest BCUT2D eigenvalue weighted by Gasteiger charge is -2.42. The van der Waals surface area contributed by atoms with Crippen LogP contribution in [0.25, 0.3) is 0 Å². The fourth-order valence-corrected chi connectivity index (χ4v) is 2.78. The monoisotopic (exact) mass is 442 g/mol. The van der Waals surface area contributed by atoms with Crippen molar-refractivity contribution in [3.05, 3.63) is 35.9 Å².